The second-order valence-electron chi connectivity index (χ2n) is 10.0. The second kappa shape index (κ2) is 13.0. The zero-order chi connectivity index (χ0) is 27.4. The Hall–Kier alpha value is -3.91. The van der Waals surface area contributed by atoms with E-state index in [-0.39, 0.29) is 43.8 Å². The van der Waals surface area contributed by atoms with Crippen molar-refractivity contribution in [1.29, 1.82) is 0 Å². The number of carbonyl (C=O) groups excluding carboxylic acids is 2. The van der Waals surface area contributed by atoms with E-state index in [1.165, 1.54) is 0 Å². The molecule has 2 aromatic rings. The molecular formula is C32H40N4O4. The number of hydrogen-bond donors (Lipinski definition) is 0. The molecule has 5 rings (SSSR count). The quantitative estimate of drug-likeness (QED) is 0.489. The number of para-hydroxylation sites is 2. The van der Waals surface area contributed by atoms with E-state index in [9.17, 15) is 9.59 Å². The molecule has 3 unspecified atom stereocenters. The van der Waals surface area contributed by atoms with Crippen molar-refractivity contribution in [3.63, 3.8) is 0 Å². The fourth-order valence-electron chi connectivity index (χ4n) is 5.27. The predicted molar refractivity (Wildman–Crippen MR) is 159 cm³/mol. The summed E-state index contributed by atoms with van der Waals surface area (Å²) >= 11 is 0. The number of rotatable bonds is 8. The largest absolute Gasteiger partial charge is 0.492 e. The van der Waals surface area contributed by atoms with E-state index >= 15 is 0 Å². The van der Waals surface area contributed by atoms with E-state index in [0.717, 1.165) is 5.56 Å². The molecule has 8 heteroatoms. The first-order valence-corrected chi connectivity index (χ1v) is 13.7. The molecule has 0 N–H and O–H groups in total. The summed E-state index contributed by atoms with van der Waals surface area (Å²) in [6.07, 6.45) is 7.78. The number of fused-ring (bicyclic) bond motifs is 1. The van der Waals surface area contributed by atoms with Gasteiger partial charge in [0.2, 0.25) is 5.91 Å². The van der Waals surface area contributed by atoms with Crippen LogP contribution < -0.4 is 14.4 Å². The highest BCUT2D eigenvalue weighted by molar-refractivity contribution is 6.22. The summed E-state index contributed by atoms with van der Waals surface area (Å²) in [4.78, 5) is 37.7. The minimum Gasteiger partial charge on any atom is -0.492 e. The van der Waals surface area contributed by atoms with Crippen molar-refractivity contribution in [2.24, 2.45) is 10.9 Å². The Balaban J connectivity index is 0.00000370. The Kier molecular flexibility index (Phi) is 9.42. The summed E-state index contributed by atoms with van der Waals surface area (Å²) in [6.45, 7) is 9.09. The third kappa shape index (κ3) is 6.12. The maximum absolute atomic E-state index is 13.9. The summed E-state index contributed by atoms with van der Waals surface area (Å²) in [6, 6.07) is 15.0. The van der Waals surface area contributed by atoms with E-state index in [2.05, 4.69) is 11.8 Å². The normalized spacial score (nSPS) is 21.3. The van der Waals surface area contributed by atoms with Crippen molar-refractivity contribution < 1.29 is 19.1 Å². The first-order chi connectivity index (χ1) is 19.0. The van der Waals surface area contributed by atoms with Gasteiger partial charge in [-0.25, -0.2) is 0 Å². The Labute approximate surface area is 237 Å². The number of hydrogen-bond acceptors (Lipinski definition) is 6. The summed E-state index contributed by atoms with van der Waals surface area (Å²) < 4.78 is 11.6. The van der Waals surface area contributed by atoms with Gasteiger partial charge in [-0.2, -0.15) is 0 Å². The highest BCUT2D eigenvalue weighted by Crippen LogP contribution is 2.35. The summed E-state index contributed by atoms with van der Waals surface area (Å²) in [7, 11) is 0. The SMILES string of the molecule is C.CCOc1ccccc1N1C(=O)C2C=CC=CC2N=C1C(C)N1CCN(C(=O)COc2ccc(C)cc2)CC1. The lowest BCUT2D eigenvalue weighted by molar-refractivity contribution is -0.135. The van der Waals surface area contributed by atoms with Gasteiger partial charge in [-0.05, 0) is 45.0 Å². The van der Waals surface area contributed by atoms with Crippen LogP contribution in [-0.2, 0) is 9.59 Å². The monoisotopic (exact) mass is 544 g/mol. The third-order valence-corrected chi connectivity index (χ3v) is 7.50. The molecule has 2 aliphatic heterocycles. The third-order valence-electron chi connectivity index (χ3n) is 7.50. The van der Waals surface area contributed by atoms with Crippen molar-refractivity contribution in [2.45, 2.75) is 40.3 Å². The van der Waals surface area contributed by atoms with E-state index in [1.807, 2.05) is 91.6 Å². The number of anilines is 1. The fraction of sp³-hybridized carbons (Fsp3) is 0.406. The van der Waals surface area contributed by atoms with Gasteiger partial charge in [0.25, 0.3) is 5.91 Å². The van der Waals surface area contributed by atoms with Gasteiger partial charge < -0.3 is 14.4 Å². The summed E-state index contributed by atoms with van der Waals surface area (Å²) in [5.74, 6) is 1.68. The molecule has 2 aromatic carbocycles. The van der Waals surface area contributed by atoms with Crippen molar-refractivity contribution in [1.82, 2.24) is 9.80 Å². The molecule has 1 fully saturated rings. The average Bonchev–Trinajstić information content (AvgIpc) is 2.97. The average molecular weight is 545 g/mol. The molecule has 2 amide bonds. The van der Waals surface area contributed by atoms with Crippen LogP contribution in [0.15, 0.2) is 77.8 Å². The van der Waals surface area contributed by atoms with E-state index in [0.29, 0.717) is 55.8 Å². The zero-order valence-electron chi connectivity index (χ0n) is 22.8. The number of amides is 2. The van der Waals surface area contributed by atoms with Gasteiger partial charge >= 0.3 is 0 Å². The number of benzene rings is 2. The molecule has 0 spiro atoms. The number of nitrogens with zero attached hydrogens (tertiary/aromatic N) is 4. The van der Waals surface area contributed by atoms with Crippen LogP contribution in [0.4, 0.5) is 5.69 Å². The lowest BCUT2D eigenvalue weighted by Crippen LogP contribution is -2.59. The maximum atomic E-state index is 13.9. The maximum Gasteiger partial charge on any atom is 0.260 e. The molecule has 3 atom stereocenters. The zero-order valence-corrected chi connectivity index (χ0v) is 22.8. The number of ether oxygens (including phenoxy) is 2. The minimum atomic E-state index is -0.344. The molecule has 1 aliphatic carbocycles. The van der Waals surface area contributed by atoms with Gasteiger partial charge in [0, 0.05) is 26.2 Å². The molecule has 212 valence electrons. The lowest BCUT2D eigenvalue weighted by Gasteiger charge is -2.43. The molecule has 0 saturated carbocycles. The Morgan fingerprint density at radius 1 is 1.00 bits per heavy atom. The Morgan fingerprint density at radius 3 is 2.42 bits per heavy atom. The van der Waals surface area contributed by atoms with E-state index < -0.39 is 0 Å². The van der Waals surface area contributed by atoms with Crippen molar-refractivity contribution in [3.05, 3.63) is 78.4 Å². The van der Waals surface area contributed by atoms with Gasteiger partial charge in [-0.3, -0.25) is 24.4 Å². The van der Waals surface area contributed by atoms with Gasteiger partial charge in [-0.1, -0.05) is 61.6 Å². The van der Waals surface area contributed by atoms with Crippen LogP contribution in [0.2, 0.25) is 0 Å². The first kappa shape index (κ1) is 29.1. The molecule has 0 aromatic heterocycles. The standard InChI is InChI=1S/C31H36N4O4.CH4/c1-4-38-28-12-8-7-11-27(28)35-30(32-26-10-6-5-9-25(26)31(35)37)23(3)33-17-19-34(20-18-33)29(36)21-39-24-15-13-22(2)14-16-24;/h5-16,23,25-26H,4,17-21H2,1-3H3;1H4. The van der Waals surface area contributed by atoms with Gasteiger partial charge in [0.05, 0.1) is 30.3 Å². The van der Waals surface area contributed by atoms with Crippen molar-refractivity contribution in [3.8, 4) is 11.5 Å². The van der Waals surface area contributed by atoms with Crippen LogP contribution in [0, 0.1) is 12.8 Å². The summed E-state index contributed by atoms with van der Waals surface area (Å²) in [5, 5.41) is 0. The Morgan fingerprint density at radius 2 is 1.70 bits per heavy atom. The highest BCUT2D eigenvalue weighted by Gasteiger charge is 2.41. The van der Waals surface area contributed by atoms with Crippen LogP contribution in [-0.4, -0.2) is 78.9 Å². The number of carbonyl (C=O) groups is 2. The topological polar surface area (TPSA) is 74.7 Å². The number of piperazine rings is 1. The van der Waals surface area contributed by atoms with Crippen LogP contribution in [0.3, 0.4) is 0 Å². The van der Waals surface area contributed by atoms with Crippen LogP contribution in [0.1, 0.15) is 26.8 Å². The van der Waals surface area contributed by atoms with Gasteiger partial charge in [0.15, 0.2) is 6.61 Å². The molecule has 2 heterocycles. The molecule has 40 heavy (non-hydrogen) atoms. The van der Waals surface area contributed by atoms with Crippen molar-refractivity contribution >= 4 is 23.3 Å². The molecule has 1 saturated heterocycles. The Bertz CT molecular complexity index is 1280. The highest BCUT2D eigenvalue weighted by atomic mass is 16.5. The number of aryl methyl sites for hydroxylation is 1. The van der Waals surface area contributed by atoms with Crippen LogP contribution in [0.25, 0.3) is 0 Å². The van der Waals surface area contributed by atoms with Crippen molar-refractivity contribution in [2.75, 3.05) is 44.3 Å². The lowest BCUT2D eigenvalue weighted by atomic mass is 9.91. The minimum absolute atomic E-state index is 0. The molecule has 0 bridgehead atoms. The number of aliphatic imine (C=N–C) groups is 1. The van der Waals surface area contributed by atoms with E-state index in [1.54, 1.807) is 4.90 Å². The molecule has 8 nitrogen and oxygen atoms in total. The summed E-state index contributed by atoms with van der Waals surface area (Å²) in [5.41, 5.74) is 1.85. The molecule has 0 radical (unpaired) electrons. The molecule has 3 aliphatic rings. The predicted octanol–water partition coefficient (Wildman–Crippen LogP) is 4.50. The van der Waals surface area contributed by atoms with Crippen LogP contribution >= 0.6 is 0 Å². The van der Waals surface area contributed by atoms with Crippen LogP contribution in [0.5, 0.6) is 11.5 Å². The first-order valence-electron chi connectivity index (χ1n) is 13.7. The number of allylic oxidation sites excluding steroid dienone is 2. The fourth-order valence-corrected chi connectivity index (χ4v) is 5.27. The molecular weight excluding hydrogens is 504 g/mol. The second-order valence-corrected chi connectivity index (χ2v) is 10.0. The van der Waals surface area contributed by atoms with Gasteiger partial charge in [0.1, 0.15) is 17.3 Å². The van der Waals surface area contributed by atoms with E-state index in [4.69, 9.17) is 14.5 Å². The smallest absolute Gasteiger partial charge is 0.260 e. The van der Waals surface area contributed by atoms with Gasteiger partial charge in [-0.15, -0.1) is 0 Å². The number of amidine groups is 1.